The first-order valence-corrected chi connectivity index (χ1v) is 9.89. The van der Waals surface area contributed by atoms with Crippen LogP contribution in [0.1, 0.15) is 29.8 Å². The van der Waals surface area contributed by atoms with Crippen LogP contribution in [0.4, 0.5) is 5.69 Å². The molecule has 0 aliphatic rings. The minimum absolute atomic E-state index is 0.0473. The van der Waals surface area contributed by atoms with E-state index in [1.165, 1.54) is 31.2 Å². The number of esters is 1. The van der Waals surface area contributed by atoms with E-state index < -0.39 is 28.0 Å². The van der Waals surface area contributed by atoms with Crippen LogP contribution >= 0.6 is 0 Å². The lowest BCUT2D eigenvalue weighted by atomic mass is 10.2. The highest BCUT2D eigenvalue weighted by molar-refractivity contribution is 7.89. The van der Waals surface area contributed by atoms with E-state index in [1.54, 1.807) is 19.1 Å². The van der Waals surface area contributed by atoms with Gasteiger partial charge in [0, 0.05) is 12.2 Å². The summed E-state index contributed by atoms with van der Waals surface area (Å²) in [5.74, 6) is -1.17. The van der Waals surface area contributed by atoms with Gasteiger partial charge in [0.25, 0.3) is 5.91 Å². The SMILES string of the molecule is CCNS(=O)(=O)c1ccc(C(=O)O[C@H](C)C(=O)Nc2ccc(C)cc2)cc1. The van der Waals surface area contributed by atoms with Gasteiger partial charge in [-0.1, -0.05) is 24.6 Å². The van der Waals surface area contributed by atoms with Crippen LogP contribution < -0.4 is 10.0 Å². The normalized spacial score (nSPS) is 12.3. The van der Waals surface area contributed by atoms with Crippen LogP contribution in [-0.4, -0.2) is 32.9 Å². The topological polar surface area (TPSA) is 102 Å². The molecular weight excluding hydrogens is 368 g/mol. The molecule has 144 valence electrons. The summed E-state index contributed by atoms with van der Waals surface area (Å²) in [7, 11) is -3.59. The number of hydrogen-bond donors (Lipinski definition) is 2. The fraction of sp³-hybridized carbons (Fsp3) is 0.263. The Hall–Kier alpha value is -2.71. The first-order valence-electron chi connectivity index (χ1n) is 8.41. The highest BCUT2D eigenvalue weighted by Crippen LogP contribution is 2.13. The lowest BCUT2D eigenvalue weighted by molar-refractivity contribution is -0.123. The molecule has 0 heterocycles. The van der Waals surface area contributed by atoms with Gasteiger partial charge >= 0.3 is 5.97 Å². The fourth-order valence-electron chi connectivity index (χ4n) is 2.21. The molecule has 2 N–H and O–H groups in total. The summed E-state index contributed by atoms with van der Waals surface area (Å²) < 4.78 is 31.3. The summed E-state index contributed by atoms with van der Waals surface area (Å²) in [4.78, 5) is 24.4. The second-order valence-electron chi connectivity index (χ2n) is 5.93. The molecule has 0 unspecified atom stereocenters. The largest absolute Gasteiger partial charge is 0.449 e. The number of sulfonamides is 1. The molecule has 0 aliphatic carbocycles. The summed E-state index contributed by atoms with van der Waals surface area (Å²) >= 11 is 0. The van der Waals surface area contributed by atoms with E-state index in [9.17, 15) is 18.0 Å². The molecule has 0 saturated carbocycles. The lowest BCUT2D eigenvalue weighted by Crippen LogP contribution is -2.30. The average Bonchev–Trinajstić information content (AvgIpc) is 2.63. The maximum Gasteiger partial charge on any atom is 0.338 e. The van der Waals surface area contributed by atoms with E-state index in [1.807, 2.05) is 19.1 Å². The van der Waals surface area contributed by atoms with Gasteiger partial charge < -0.3 is 10.1 Å². The van der Waals surface area contributed by atoms with Crippen molar-refractivity contribution in [3.05, 3.63) is 59.7 Å². The van der Waals surface area contributed by atoms with Crippen LogP contribution in [0.2, 0.25) is 0 Å². The maximum absolute atomic E-state index is 12.2. The van der Waals surface area contributed by atoms with Crippen molar-refractivity contribution in [2.24, 2.45) is 0 Å². The molecule has 2 rings (SSSR count). The van der Waals surface area contributed by atoms with Crippen molar-refractivity contribution in [3.8, 4) is 0 Å². The molecule has 0 bridgehead atoms. The van der Waals surface area contributed by atoms with Gasteiger partial charge in [0.2, 0.25) is 10.0 Å². The Morgan fingerprint density at radius 3 is 2.19 bits per heavy atom. The van der Waals surface area contributed by atoms with E-state index in [0.29, 0.717) is 5.69 Å². The summed E-state index contributed by atoms with van der Waals surface area (Å²) in [6.07, 6.45) is -1.01. The van der Waals surface area contributed by atoms with Gasteiger partial charge in [-0.05, 0) is 50.2 Å². The van der Waals surface area contributed by atoms with E-state index in [-0.39, 0.29) is 17.0 Å². The molecule has 0 fully saturated rings. The molecule has 8 heteroatoms. The van der Waals surface area contributed by atoms with E-state index in [2.05, 4.69) is 10.0 Å². The number of amides is 1. The van der Waals surface area contributed by atoms with Gasteiger partial charge in [0.1, 0.15) is 0 Å². The number of hydrogen-bond acceptors (Lipinski definition) is 5. The summed E-state index contributed by atoms with van der Waals surface area (Å²) in [5.41, 5.74) is 1.82. The molecule has 0 radical (unpaired) electrons. The molecule has 0 aliphatic heterocycles. The number of anilines is 1. The number of ether oxygens (including phenoxy) is 1. The van der Waals surface area contributed by atoms with Crippen molar-refractivity contribution in [1.29, 1.82) is 0 Å². The van der Waals surface area contributed by atoms with E-state index >= 15 is 0 Å². The van der Waals surface area contributed by atoms with Crippen LogP contribution in [0.15, 0.2) is 53.4 Å². The monoisotopic (exact) mass is 390 g/mol. The molecule has 1 amide bonds. The van der Waals surface area contributed by atoms with Crippen molar-refractivity contribution in [2.45, 2.75) is 31.8 Å². The van der Waals surface area contributed by atoms with Crippen LogP contribution in [0.5, 0.6) is 0 Å². The van der Waals surface area contributed by atoms with Crippen molar-refractivity contribution < 1.29 is 22.7 Å². The summed E-state index contributed by atoms with van der Waals surface area (Å²) in [5, 5.41) is 2.67. The molecule has 2 aromatic rings. The number of carbonyl (C=O) groups is 2. The van der Waals surface area contributed by atoms with Crippen LogP contribution in [0.3, 0.4) is 0 Å². The number of aryl methyl sites for hydroxylation is 1. The highest BCUT2D eigenvalue weighted by Gasteiger charge is 2.20. The Morgan fingerprint density at radius 1 is 1.04 bits per heavy atom. The van der Waals surface area contributed by atoms with Crippen molar-refractivity contribution >= 4 is 27.6 Å². The van der Waals surface area contributed by atoms with E-state index in [4.69, 9.17) is 4.74 Å². The Bertz CT molecular complexity index is 906. The van der Waals surface area contributed by atoms with Crippen molar-refractivity contribution in [1.82, 2.24) is 4.72 Å². The van der Waals surface area contributed by atoms with E-state index in [0.717, 1.165) is 5.56 Å². The third-order valence-electron chi connectivity index (χ3n) is 3.71. The Morgan fingerprint density at radius 2 is 1.63 bits per heavy atom. The molecule has 1 atom stereocenters. The van der Waals surface area contributed by atoms with Gasteiger partial charge in [-0.25, -0.2) is 17.9 Å². The van der Waals surface area contributed by atoms with Crippen LogP contribution in [-0.2, 0) is 19.6 Å². The second kappa shape index (κ2) is 8.79. The number of carbonyl (C=O) groups excluding carboxylic acids is 2. The molecule has 0 spiro atoms. The van der Waals surface area contributed by atoms with Gasteiger partial charge in [0.15, 0.2) is 6.10 Å². The lowest BCUT2D eigenvalue weighted by Gasteiger charge is -2.14. The number of nitrogens with one attached hydrogen (secondary N) is 2. The quantitative estimate of drug-likeness (QED) is 0.707. The second-order valence-corrected chi connectivity index (χ2v) is 7.70. The summed E-state index contributed by atoms with van der Waals surface area (Å²) in [6.45, 7) is 5.34. The van der Waals surface area contributed by atoms with Crippen molar-refractivity contribution in [2.75, 3.05) is 11.9 Å². The first kappa shape index (κ1) is 20.6. The zero-order valence-electron chi connectivity index (χ0n) is 15.4. The van der Waals surface area contributed by atoms with Crippen molar-refractivity contribution in [3.63, 3.8) is 0 Å². The van der Waals surface area contributed by atoms with Crippen LogP contribution in [0.25, 0.3) is 0 Å². The molecular formula is C19H22N2O5S. The average molecular weight is 390 g/mol. The van der Waals surface area contributed by atoms with Gasteiger partial charge in [0.05, 0.1) is 10.5 Å². The van der Waals surface area contributed by atoms with Gasteiger partial charge in [-0.15, -0.1) is 0 Å². The van der Waals surface area contributed by atoms with Gasteiger partial charge in [-0.2, -0.15) is 0 Å². The smallest absolute Gasteiger partial charge is 0.338 e. The molecule has 7 nitrogen and oxygen atoms in total. The summed E-state index contributed by atoms with van der Waals surface area (Å²) in [6, 6.07) is 12.5. The number of rotatable bonds is 7. The molecule has 0 saturated heterocycles. The predicted molar refractivity (Wildman–Crippen MR) is 102 cm³/mol. The maximum atomic E-state index is 12.2. The zero-order valence-corrected chi connectivity index (χ0v) is 16.2. The minimum atomic E-state index is -3.59. The van der Waals surface area contributed by atoms with Gasteiger partial charge in [-0.3, -0.25) is 4.79 Å². The molecule has 27 heavy (non-hydrogen) atoms. The Kier molecular flexibility index (Phi) is 6.70. The molecule has 0 aromatic heterocycles. The fourth-order valence-corrected chi connectivity index (χ4v) is 3.25. The predicted octanol–water partition coefficient (Wildman–Crippen LogP) is 2.48. The molecule has 2 aromatic carbocycles. The standard InChI is InChI=1S/C19H22N2O5S/c1-4-20-27(24,25)17-11-7-15(8-12-17)19(23)26-14(3)18(22)21-16-9-5-13(2)6-10-16/h5-12,14,20H,4H2,1-3H3,(H,21,22)/t14-/m1/s1. The third-order valence-corrected chi connectivity index (χ3v) is 5.27. The van der Waals surface area contributed by atoms with Crippen LogP contribution in [0, 0.1) is 6.92 Å². The number of benzene rings is 2. The highest BCUT2D eigenvalue weighted by atomic mass is 32.2. The Labute approximate surface area is 158 Å². The first-order chi connectivity index (χ1) is 12.7. The third kappa shape index (κ3) is 5.63. The Balaban J connectivity index is 1.99. The zero-order chi connectivity index (χ0) is 20.0. The minimum Gasteiger partial charge on any atom is -0.449 e.